The van der Waals surface area contributed by atoms with Crippen LogP contribution in [0, 0.1) is 11.7 Å². The fourth-order valence-electron chi connectivity index (χ4n) is 7.03. The first-order valence-electron chi connectivity index (χ1n) is 14.1. The quantitative estimate of drug-likeness (QED) is 0.511. The Morgan fingerprint density at radius 3 is 2.38 bits per heavy atom. The van der Waals surface area contributed by atoms with E-state index < -0.39 is 39.3 Å². The van der Waals surface area contributed by atoms with Crippen LogP contribution >= 0.6 is 0 Å². The zero-order chi connectivity index (χ0) is 27.6. The fraction of sp³-hybridized carbons (Fsp3) is 0.731. The van der Waals surface area contributed by atoms with Crippen molar-refractivity contribution in [2.24, 2.45) is 5.92 Å². The zero-order valence-corrected chi connectivity index (χ0v) is 23.1. The van der Waals surface area contributed by atoms with Crippen LogP contribution in [0.25, 0.3) is 5.65 Å². The molecule has 1 aliphatic carbocycles. The molecule has 13 heteroatoms. The number of sulfone groups is 1. The molecule has 2 aliphatic heterocycles. The molecule has 5 rings (SSSR count). The van der Waals surface area contributed by atoms with Crippen LogP contribution in [0.3, 0.4) is 0 Å². The molecule has 3 aliphatic rings. The highest BCUT2D eigenvalue weighted by molar-refractivity contribution is 7.91. The number of amides is 1. The van der Waals surface area contributed by atoms with Crippen molar-refractivity contribution in [2.45, 2.75) is 75.5 Å². The second-order valence-corrected chi connectivity index (χ2v) is 13.5. The van der Waals surface area contributed by atoms with Crippen molar-refractivity contribution in [3.8, 4) is 0 Å². The normalized spacial score (nSPS) is 29.7. The predicted octanol–water partition coefficient (Wildman–Crippen LogP) is 2.10. The molecule has 0 spiro atoms. The van der Waals surface area contributed by atoms with Gasteiger partial charge < -0.3 is 16.4 Å². The first-order valence-corrected chi connectivity index (χ1v) is 15.9. The Morgan fingerprint density at radius 1 is 1.08 bits per heavy atom. The van der Waals surface area contributed by atoms with Gasteiger partial charge in [-0.05, 0) is 18.8 Å². The summed E-state index contributed by atoms with van der Waals surface area (Å²) in [5, 5.41) is 10.3. The maximum atomic E-state index is 16.6. The highest BCUT2D eigenvalue weighted by atomic mass is 32.2. The summed E-state index contributed by atoms with van der Waals surface area (Å²) in [7, 11) is -3.20. The van der Waals surface area contributed by atoms with E-state index >= 15 is 4.39 Å². The van der Waals surface area contributed by atoms with Gasteiger partial charge in [-0.25, -0.2) is 26.7 Å². The average molecular weight is 568 g/mol. The Hall–Kier alpha value is -2.38. The van der Waals surface area contributed by atoms with Gasteiger partial charge in [0.15, 0.2) is 27.1 Å². The molecule has 39 heavy (non-hydrogen) atoms. The molecule has 4 N–H and O–H groups in total. The van der Waals surface area contributed by atoms with E-state index in [0.717, 1.165) is 68.3 Å². The molecule has 216 valence electrons. The average Bonchev–Trinajstić information content (AvgIpc) is 3.23. The van der Waals surface area contributed by atoms with Crippen LogP contribution in [0.2, 0.25) is 0 Å². The van der Waals surface area contributed by atoms with E-state index in [2.05, 4.69) is 20.7 Å². The number of halogens is 2. The van der Waals surface area contributed by atoms with Crippen molar-refractivity contribution >= 4 is 27.2 Å². The summed E-state index contributed by atoms with van der Waals surface area (Å²) in [5.74, 6) is -1.40. The third kappa shape index (κ3) is 5.62. The molecule has 0 aromatic carbocycles. The number of piperidine rings is 1. The number of carbonyl (C=O) groups is 1. The van der Waals surface area contributed by atoms with E-state index in [1.54, 1.807) is 0 Å². The molecule has 3 fully saturated rings. The Bertz CT molecular complexity index is 1270. The molecule has 3 unspecified atom stereocenters. The van der Waals surface area contributed by atoms with E-state index in [9.17, 15) is 17.6 Å². The number of hydrogen-bond donors (Lipinski definition) is 3. The van der Waals surface area contributed by atoms with E-state index in [1.165, 1.54) is 6.42 Å². The molecule has 2 aromatic rings. The minimum absolute atomic E-state index is 0.0112. The first kappa shape index (κ1) is 28.2. The van der Waals surface area contributed by atoms with Gasteiger partial charge in [0.25, 0.3) is 5.91 Å². The second kappa shape index (κ2) is 11.6. The fourth-order valence-corrected chi connectivity index (χ4v) is 8.23. The summed E-state index contributed by atoms with van der Waals surface area (Å²) < 4.78 is 56.2. The number of carbonyl (C=O) groups excluding carboxylic acids is 1. The summed E-state index contributed by atoms with van der Waals surface area (Å²) in [4.78, 5) is 19.8. The predicted molar refractivity (Wildman–Crippen MR) is 144 cm³/mol. The third-order valence-corrected chi connectivity index (χ3v) is 10.5. The van der Waals surface area contributed by atoms with Gasteiger partial charge in [0.05, 0.1) is 35.5 Å². The van der Waals surface area contributed by atoms with E-state index in [0.29, 0.717) is 6.54 Å². The first-order chi connectivity index (χ1) is 18.7. The lowest BCUT2D eigenvalue weighted by Crippen LogP contribution is -2.77. The summed E-state index contributed by atoms with van der Waals surface area (Å²) >= 11 is 0. The topological polar surface area (TPSA) is 135 Å². The number of aromatic nitrogens is 3. The second-order valence-electron chi connectivity index (χ2n) is 11.2. The number of anilines is 1. The van der Waals surface area contributed by atoms with Gasteiger partial charge in [-0.15, -0.1) is 5.10 Å². The van der Waals surface area contributed by atoms with Crippen molar-refractivity contribution in [1.29, 1.82) is 0 Å². The van der Waals surface area contributed by atoms with Crippen LogP contribution in [0.1, 0.15) is 68.1 Å². The summed E-state index contributed by atoms with van der Waals surface area (Å²) in [6, 6.07) is -0.655. The van der Waals surface area contributed by atoms with Gasteiger partial charge in [-0.3, -0.25) is 9.69 Å². The molecule has 0 radical (unpaired) electrons. The van der Waals surface area contributed by atoms with Crippen LogP contribution < -0.4 is 16.4 Å². The lowest BCUT2D eigenvalue weighted by atomic mass is 9.66. The highest BCUT2D eigenvalue weighted by Gasteiger charge is 2.58. The number of nitrogens with zero attached hydrogens (tertiary/aromatic N) is 4. The summed E-state index contributed by atoms with van der Waals surface area (Å²) in [5.41, 5.74) is 5.11. The minimum Gasteiger partial charge on any atom is -0.381 e. The highest BCUT2D eigenvalue weighted by Crippen LogP contribution is 2.43. The molecule has 2 saturated heterocycles. The summed E-state index contributed by atoms with van der Waals surface area (Å²) in [6.07, 6.45) is 10.0. The largest absolute Gasteiger partial charge is 0.381 e. The van der Waals surface area contributed by atoms with E-state index in [-0.39, 0.29) is 54.1 Å². The van der Waals surface area contributed by atoms with Gasteiger partial charge in [0, 0.05) is 26.2 Å². The van der Waals surface area contributed by atoms with Crippen LogP contribution in [0.15, 0.2) is 12.4 Å². The van der Waals surface area contributed by atoms with Crippen molar-refractivity contribution in [1.82, 2.24) is 30.1 Å². The molecular formula is C26H39F2N7O3S. The van der Waals surface area contributed by atoms with Gasteiger partial charge >= 0.3 is 0 Å². The minimum atomic E-state index is -3.20. The number of fused-ring (bicyclic) bond motifs is 1. The Labute approximate surface area is 228 Å². The third-order valence-electron chi connectivity index (χ3n) is 8.88. The van der Waals surface area contributed by atoms with Gasteiger partial charge in [0.1, 0.15) is 11.7 Å². The number of nitrogen functional groups attached to an aromatic ring is 1. The van der Waals surface area contributed by atoms with Crippen molar-refractivity contribution < 1.29 is 22.0 Å². The van der Waals surface area contributed by atoms with Crippen LogP contribution in [-0.2, 0) is 9.84 Å². The maximum Gasteiger partial charge on any atom is 0.259 e. The van der Waals surface area contributed by atoms with Crippen molar-refractivity contribution in [3.05, 3.63) is 23.8 Å². The molecule has 3 atom stereocenters. The van der Waals surface area contributed by atoms with Gasteiger partial charge in [-0.1, -0.05) is 44.9 Å². The Balaban J connectivity index is 1.53. The standard InChI is InChI=1S/C26H39F2N7O3S/c27-19-14-31-24-22(23(29)33-35(24)17-19)25(36)32-21-16-30-15-20(28)26(21,34-10-12-39(37,38)13-11-34)18-8-6-4-2-1-3-5-7-9-18/h14,17-18,20-21,30H,1-13,15-16H2,(H2,29,33)(H,32,36). The molecule has 4 heterocycles. The van der Waals surface area contributed by atoms with Crippen LogP contribution in [0.5, 0.6) is 0 Å². The van der Waals surface area contributed by atoms with Crippen molar-refractivity contribution in [2.75, 3.05) is 43.4 Å². The van der Waals surface area contributed by atoms with Crippen LogP contribution in [-0.4, -0.2) is 89.3 Å². The van der Waals surface area contributed by atoms with Gasteiger partial charge in [-0.2, -0.15) is 0 Å². The molecule has 1 amide bonds. The number of nitrogens with two attached hydrogens (primary N) is 1. The molecule has 10 nitrogen and oxygen atoms in total. The van der Waals surface area contributed by atoms with E-state index in [4.69, 9.17) is 5.73 Å². The zero-order valence-electron chi connectivity index (χ0n) is 22.2. The Kier molecular flexibility index (Phi) is 8.39. The lowest BCUT2D eigenvalue weighted by Gasteiger charge is -2.58. The molecular weight excluding hydrogens is 528 g/mol. The SMILES string of the molecule is Nc1nn2cc(F)cnc2c1C(=O)NC1CNCC(F)C1(C1CCCCCCCCC1)N1CCS(=O)(=O)CC1. The Morgan fingerprint density at radius 2 is 1.72 bits per heavy atom. The smallest absolute Gasteiger partial charge is 0.259 e. The lowest BCUT2D eigenvalue weighted by molar-refractivity contribution is -0.0758. The molecule has 2 aromatic heterocycles. The number of hydrogen-bond acceptors (Lipinski definition) is 8. The maximum absolute atomic E-state index is 16.6. The van der Waals surface area contributed by atoms with Crippen LogP contribution in [0.4, 0.5) is 14.6 Å². The van der Waals surface area contributed by atoms with Gasteiger partial charge in [0.2, 0.25) is 0 Å². The van der Waals surface area contributed by atoms with E-state index in [1.807, 2.05) is 4.90 Å². The molecule has 0 bridgehead atoms. The molecule has 1 saturated carbocycles. The monoisotopic (exact) mass is 567 g/mol. The number of nitrogens with one attached hydrogen (secondary N) is 2. The number of alkyl halides is 1. The van der Waals surface area contributed by atoms with Crippen molar-refractivity contribution in [3.63, 3.8) is 0 Å². The number of rotatable bonds is 4. The summed E-state index contributed by atoms with van der Waals surface area (Å²) in [6.45, 7) is 0.912.